The van der Waals surface area contributed by atoms with Crippen LogP contribution >= 0.6 is 11.8 Å². The van der Waals surface area contributed by atoms with Crippen LogP contribution in [0.4, 0.5) is 4.39 Å². The number of hydrogen-bond donors (Lipinski definition) is 1. The summed E-state index contributed by atoms with van der Waals surface area (Å²) in [6.45, 7) is 3.19. The molecule has 1 atom stereocenters. The number of benzene rings is 1. The molecule has 1 N–H and O–H groups in total. The third kappa shape index (κ3) is 3.71. The van der Waals surface area contributed by atoms with E-state index in [9.17, 15) is 4.39 Å². The van der Waals surface area contributed by atoms with Crippen molar-refractivity contribution in [2.75, 3.05) is 12.3 Å². The molecule has 3 heteroatoms. The van der Waals surface area contributed by atoms with Gasteiger partial charge < -0.3 is 5.32 Å². The molecule has 0 saturated heterocycles. The van der Waals surface area contributed by atoms with Gasteiger partial charge in [0.15, 0.2) is 0 Å². The maximum absolute atomic E-state index is 12.8. The van der Waals surface area contributed by atoms with Crippen LogP contribution in [0.25, 0.3) is 0 Å². The van der Waals surface area contributed by atoms with E-state index in [-0.39, 0.29) is 5.82 Å². The fourth-order valence-corrected chi connectivity index (χ4v) is 3.27. The first-order valence-electron chi connectivity index (χ1n) is 6.41. The lowest BCUT2D eigenvalue weighted by atomic mass is 9.80. The van der Waals surface area contributed by atoms with E-state index in [1.807, 2.05) is 23.9 Å². The van der Waals surface area contributed by atoms with Gasteiger partial charge in [-0.05, 0) is 49.6 Å². The molecule has 0 spiro atoms. The third-order valence-electron chi connectivity index (χ3n) is 3.43. The SMILES string of the molecule is CCNC(CSc1ccc(F)cc1)C1CCC1. The van der Waals surface area contributed by atoms with Crippen LogP contribution in [0.3, 0.4) is 0 Å². The Hall–Kier alpha value is -0.540. The number of rotatable bonds is 6. The Morgan fingerprint density at radius 3 is 2.59 bits per heavy atom. The summed E-state index contributed by atoms with van der Waals surface area (Å²) in [6, 6.07) is 7.42. The zero-order valence-electron chi connectivity index (χ0n) is 10.3. The quantitative estimate of drug-likeness (QED) is 0.776. The molecule has 0 amide bonds. The summed E-state index contributed by atoms with van der Waals surface area (Å²) < 4.78 is 12.8. The third-order valence-corrected chi connectivity index (χ3v) is 4.56. The summed E-state index contributed by atoms with van der Waals surface area (Å²) in [5.74, 6) is 1.78. The number of nitrogens with one attached hydrogen (secondary N) is 1. The van der Waals surface area contributed by atoms with Crippen molar-refractivity contribution in [2.24, 2.45) is 5.92 Å². The van der Waals surface area contributed by atoms with Crippen molar-refractivity contribution in [3.63, 3.8) is 0 Å². The molecule has 94 valence electrons. The molecule has 1 aliphatic carbocycles. The molecule has 1 unspecified atom stereocenters. The van der Waals surface area contributed by atoms with Crippen LogP contribution in [0, 0.1) is 11.7 Å². The lowest BCUT2D eigenvalue weighted by molar-refractivity contribution is 0.246. The molecule has 17 heavy (non-hydrogen) atoms. The maximum atomic E-state index is 12.8. The Morgan fingerprint density at radius 1 is 1.35 bits per heavy atom. The second kappa shape index (κ2) is 6.41. The Bertz CT molecular complexity index is 335. The normalized spacial score (nSPS) is 17.8. The van der Waals surface area contributed by atoms with E-state index in [0.29, 0.717) is 6.04 Å². The van der Waals surface area contributed by atoms with E-state index < -0.39 is 0 Å². The van der Waals surface area contributed by atoms with Crippen molar-refractivity contribution in [3.8, 4) is 0 Å². The average molecular weight is 253 g/mol. The average Bonchev–Trinajstić information content (AvgIpc) is 2.26. The molecule has 1 saturated carbocycles. The molecular weight excluding hydrogens is 233 g/mol. The zero-order valence-corrected chi connectivity index (χ0v) is 11.1. The van der Waals surface area contributed by atoms with Crippen LogP contribution in [0.15, 0.2) is 29.2 Å². The predicted molar refractivity (Wildman–Crippen MR) is 71.9 cm³/mol. The minimum absolute atomic E-state index is 0.156. The molecule has 1 aliphatic rings. The van der Waals surface area contributed by atoms with Crippen LogP contribution in [0.2, 0.25) is 0 Å². The van der Waals surface area contributed by atoms with Gasteiger partial charge >= 0.3 is 0 Å². The number of thioether (sulfide) groups is 1. The van der Waals surface area contributed by atoms with Gasteiger partial charge in [0.2, 0.25) is 0 Å². The molecule has 1 aromatic carbocycles. The number of halogens is 1. The van der Waals surface area contributed by atoms with E-state index in [1.54, 1.807) is 0 Å². The largest absolute Gasteiger partial charge is 0.313 e. The Balaban J connectivity index is 1.83. The second-order valence-electron chi connectivity index (χ2n) is 4.62. The molecule has 0 aliphatic heterocycles. The van der Waals surface area contributed by atoms with E-state index in [2.05, 4.69) is 12.2 Å². The summed E-state index contributed by atoms with van der Waals surface area (Å²) in [4.78, 5) is 1.16. The van der Waals surface area contributed by atoms with Gasteiger partial charge in [-0.1, -0.05) is 13.3 Å². The molecular formula is C14H20FNS. The second-order valence-corrected chi connectivity index (χ2v) is 5.71. The van der Waals surface area contributed by atoms with Gasteiger partial charge in [0, 0.05) is 16.7 Å². The highest BCUT2D eigenvalue weighted by molar-refractivity contribution is 7.99. The van der Waals surface area contributed by atoms with Gasteiger partial charge in [-0.3, -0.25) is 0 Å². The minimum Gasteiger partial charge on any atom is -0.313 e. The molecule has 2 rings (SSSR count). The Morgan fingerprint density at radius 2 is 2.06 bits per heavy atom. The lowest BCUT2D eigenvalue weighted by Gasteiger charge is -2.34. The highest BCUT2D eigenvalue weighted by atomic mass is 32.2. The molecule has 1 aromatic rings. The molecule has 1 nitrogen and oxygen atoms in total. The monoisotopic (exact) mass is 253 g/mol. The highest BCUT2D eigenvalue weighted by Gasteiger charge is 2.26. The highest BCUT2D eigenvalue weighted by Crippen LogP contribution is 2.32. The van der Waals surface area contributed by atoms with Gasteiger partial charge in [-0.25, -0.2) is 4.39 Å². The van der Waals surface area contributed by atoms with Crippen molar-refractivity contribution >= 4 is 11.8 Å². The summed E-state index contributed by atoms with van der Waals surface area (Å²) in [6.07, 6.45) is 4.11. The summed E-state index contributed by atoms with van der Waals surface area (Å²) in [7, 11) is 0. The van der Waals surface area contributed by atoms with E-state index in [0.717, 1.165) is 23.1 Å². The molecule has 0 heterocycles. The van der Waals surface area contributed by atoms with Crippen LogP contribution in [0.5, 0.6) is 0 Å². The first-order valence-corrected chi connectivity index (χ1v) is 7.40. The van der Waals surface area contributed by atoms with Crippen LogP contribution in [-0.4, -0.2) is 18.3 Å². The zero-order chi connectivity index (χ0) is 12.1. The molecule has 0 radical (unpaired) electrons. The van der Waals surface area contributed by atoms with E-state index in [1.165, 1.54) is 31.4 Å². The van der Waals surface area contributed by atoms with Gasteiger partial charge in [0.25, 0.3) is 0 Å². The van der Waals surface area contributed by atoms with Crippen molar-refractivity contribution in [1.29, 1.82) is 0 Å². The lowest BCUT2D eigenvalue weighted by Crippen LogP contribution is -2.41. The van der Waals surface area contributed by atoms with E-state index >= 15 is 0 Å². The Kier molecular flexibility index (Phi) is 4.86. The minimum atomic E-state index is -0.156. The predicted octanol–water partition coefficient (Wildman–Crippen LogP) is 3.70. The van der Waals surface area contributed by atoms with Crippen LogP contribution < -0.4 is 5.32 Å². The summed E-state index contributed by atoms with van der Waals surface area (Å²) in [5.41, 5.74) is 0. The van der Waals surface area contributed by atoms with Crippen molar-refractivity contribution < 1.29 is 4.39 Å². The van der Waals surface area contributed by atoms with Gasteiger partial charge in [0.05, 0.1) is 0 Å². The molecule has 0 bridgehead atoms. The topological polar surface area (TPSA) is 12.0 Å². The summed E-state index contributed by atoms with van der Waals surface area (Å²) in [5, 5.41) is 3.57. The first kappa shape index (κ1) is 12.9. The van der Waals surface area contributed by atoms with Crippen molar-refractivity contribution in [3.05, 3.63) is 30.1 Å². The molecule has 0 aromatic heterocycles. The van der Waals surface area contributed by atoms with E-state index in [4.69, 9.17) is 0 Å². The standard InChI is InChI=1S/C14H20FNS/c1-2-16-14(11-4-3-5-11)10-17-13-8-6-12(15)7-9-13/h6-9,11,14,16H,2-5,10H2,1H3. The van der Waals surface area contributed by atoms with Crippen molar-refractivity contribution in [2.45, 2.75) is 37.1 Å². The van der Waals surface area contributed by atoms with Gasteiger partial charge in [-0.2, -0.15) is 0 Å². The maximum Gasteiger partial charge on any atom is 0.123 e. The van der Waals surface area contributed by atoms with Crippen LogP contribution in [-0.2, 0) is 0 Å². The first-order chi connectivity index (χ1) is 8.29. The fourth-order valence-electron chi connectivity index (χ4n) is 2.18. The van der Waals surface area contributed by atoms with Gasteiger partial charge in [-0.15, -0.1) is 11.8 Å². The Labute approximate surface area is 107 Å². The van der Waals surface area contributed by atoms with Gasteiger partial charge in [0.1, 0.15) is 5.82 Å². The van der Waals surface area contributed by atoms with Crippen LogP contribution in [0.1, 0.15) is 26.2 Å². The summed E-state index contributed by atoms with van der Waals surface area (Å²) >= 11 is 1.83. The smallest absolute Gasteiger partial charge is 0.123 e. The fraction of sp³-hybridized carbons (Fsp3) is 0.571. The molecule has 1 fully saturated rings. The number of hydrogen-bond acceptors (Lipinski definition) is 2. The van der Waals surface area contributed by atoms with Crippen molar-refractivity contribution in [1.82, 2.24) is 5.32 Å².